The Morgan fingerprint density at radius 2 is 2.00 bits per heavy atom. The smallest absolute Gasteiger partial charge is 0.176 e. The maximum Gasteiger partial charge on any atom is 0.176 e. The van der Waals surface area contributed by atoms with Gasteiger partial charge < -0.3 is 19.0 Å². The van der Waals surface area contributed by atoms with Gasteiger partial charge in [0.2, 0.25) is 0 Å². The molecule has 2 aromatic heterocycles. The van der Waals surface area contributed by atoms with E-state index in [1.807, 2.05) is 28.6 Å². The molecule has 0 aromatic carbocycles. The van der Waals surface area contributed by atoms with Gasteiger partial charge in [-0.05, 0) is 0 Å². The van der Waals surface area contributed by atoms with E-state index in [0.29, 0.717) is 13.2 Å². The number of aliphatic hydroxyl groups is 1. The zero-order chi connectivity index (χ0) is 11.8. The summed E-state index contributed by atoms with van der Waals surface area (Å²) < 4.78 is 9.10. The van der Waals surface area contributed by atoms with Crippen LogP contribution in [0.3, 0.4) is 0 Å². The van der Waals surface area contributed by atoms with Crippen LogP contribution >= 0.6 is 0 Å². The van der Waals surface area contributed by atoms with Gasteiger partial charge in [0.1, 0.15) is 6.10 Å². The number of imidazole rings is 2. The minimum absolute atomic E-state index is 0.0794. The van der Waals surface area contributed by atoms with Crippen LogP contribution in [0.2, 0.25) is 0 Å². The summed E-state index contributed by atoms with van der Waals surface area (Å²) in [5, 5.41) is 9.85. The van der Waals surface area contributed by atoms with E-state index in [-0.39, 0.29) is 6.04 Å². The summed E-state index contributed by atoms with van der Waals surface area (Å²) in [5.41, 5.74) is 0. The fourth-order valence-corrected chi connectivity index (χ4v) is 2.13. The van der Waals surface area contributed by atoms with Gasteiger partial charge >= 0.3 is 0 Å². The van der Waals surface area contributed by atoms with Crippen LogP contribution in [-0.2, 0) is 11.8 Å². The van der Waals surface area contributed by atoms with Crippen molar-refractivity contribution in [3.8, 4) is 11.6 Å². The maximum atomic E-state index is 9.85. The second kappa shape index (κ2) is 3.97. The SMILES string of the molecule is Cn1ccnc1-c1nccn1[C@H]1COC[C@H]1O. The highest BCUT2D eigenvalue weighted by Crippen LogP contribution is 2.25. The van der Waals surface area contributed by atoms with Crippen molar-refractivity contribution in [2.24, 2.45) is 7.05 Å². The summed E-state index contributed by atoms with van der Waals surface area (Å²) in [5.74, 6) is 1.54. The summed E-state index contributed by atoms with van der Waals surface area (Å²) in [6, 6.07) is -0.0794. The van der Waals surface area contributed by atoms with Crippen LogP contribution < -0.4 is 0 Å². The van der Waals surface area contributed by atoms with Crippen LogP contribution in [0.5, 0.6) is 0 Å². The summed E-state index contributed by atoms with van der Waals surface area (Å²) in [6.07, 6.45) is 6.69. The van der Waals surface area contributed by atoms with Crippen molar-refractivity contribution in [1.29, 1.82) is 0 Å². The van der Waals surface area contributed by atoms with Crippen LogP contribution in [0.15, 0.2) is 24.8 Å². The molecule has 17 heavy (non-hydrogen) atoms. The average Bonchev–Trinajstić information content (AvgIpc) is 2.97. The topological polar surface area (TPSA) is 65.1 Å². The van der Waals surface area contributed by atoms with Crippen molar-refractivity contribution in [3.05, 3.63) is 24.8 Å². The molecule has 1 aliphatic heterocycles. The van der Waals surface area contributed by atoms with E-state index in [1.54, 1.807) is 12.4 Å². The molecule has 1 aliphatic rings. The molecule has 1 fully saturated rings. The summed E-state index contributed by atoms with van der Waals surface area (Å²) >= 11 is 0. The zero-order valence-corrected chi connectivity index (χ0v) is 9.52. The molecular weight excluding hydrogens is 220 g/mol. The van der Waals surface area contributed by atoms with Gasteiger partial charge in [0, 0.05) is 31.8 Å². The first-order chi connectivity index (χ1) is 8.27. The zero-order valence-electron chi connectivity index (χ0n) is 9.52. The third-order valence-electron chi connectivity index (χ3n) is 3.07. The largest absolute Gasteiger partial charge is 0.388 e. The molecule has 0 bridgehead atoms. The molecule has 1 saturated heterocycles. The Hall–Kier alpha value is -1.66. The van der Waals surface area contributed by atoms with E-state index in [4.69, 9.17) is 4.74 Å². The van der Waals surface area contributed by atoms with Crippen LogP contribution in [0.25, 0.3) is 11.6 Å². The van der Waals surface area contributed by atoms with E-state index < -0.39 is 6.10 Å². The monoisotopic (exact) mass is 234 g/mol. The van der Waals surface area contributed by atoms with Crippen molar-refractivity contribution < 1.29 is 9.84 Å². The van der Waals surface area contributed by atoms with Crippen molar-refractivity contribution in [3.63, 3.8) is 0 Å². The average molecular weight is 234 g/mol. The minimum atomic E-state index is -0.483. The third-order valence-corrected chi connectivity index (χ3v) is 3.07. The highest BCUT2D eigenvalue weighted by atomic mass is 16.5. The van der Waals surface area contributed by atoms with Gasteiger partial charge in [0.05, 0.1) is 19.3 Å². The van der Waals surface area contributed by atoms with Crippen molar-refractivity contribution in [2.45, 2.75) is 12.1 Å². The summed E-state index contributed by atoms with van der Waals surface area (Å²) in [6.45, 7) is 0.887. The van der Waals surface area contributed by atoms with Gasteiger partial charge in [-0.2, -0.15) is 0 Å². The number of aliphatic hydroxyl groups excluding tert-OH is 1. The molecule has 90 valence electrons. The van der Waals surface area contributed by atoms with Gasteiger partial charge in [-0.15, -0.1) is 0 Å². The molecular formula is C11H14N4O2. The van der Waals surface area contributed by atoms with Crippen LogP contribution in [-0.4, -0.2) is 43.5 Å². The summed E-state index contributed by atoms with van der Waals surface area (Å²) in [4.78, 5) is 8.58. The quantitative estimate of drug-likeness (QED) is 0.807. The van der Waals surface area contributed by atoms with Gasteiger partial charge in [0.15, 0.2) is 11.6 Å². The Morgan fingerprint density at radius 1 is 1.24 bits per heavy atom. The van der Waals surface area contributed by atoms with Crippen molar-refractivity contribution in [1.82, 2.24) is 19.1 Å². The first kappa shape index (κ1) is 10.5. The highest BCUT2D eigenvalue weighted by Gasteiger charge is 2.30. The summed E-state index contributed by atoms with van der Waals surface area (Å²) in [7, 11) is 1.92. The molecule has 0 saturated carbocycles. The molecule has 6 heteroatoms. The lowest BCUT2D eigenvalue weighted by molar-refractivity contribution is 0.119. The first-order valence-electron chi connectivity index (χ1n) is 5.53. The third kappa shape index (κ3) is 1.65. The molecule has 1 N–H and O–H groups in total. The Balaban J connectivity index is 2.02. The van der Waals surface area contributed by atoms with Crippen molar-refractivity contribution >= 4 is 0 Å². The Labute approximate surface area is 98.5 Å². The Bertz CT molecular complexity index is 519. The van der Waals surface area contributed by atoms with E-state index in [2.05, 4.69) is 9.97 Å². The molecule has 3 heterocycles. The fraction of sp³-hybridized carbons (Fsp3) is 0.455. The highest BCUT2D eigenvalue weighted by molar-refractivity contribution is 5.45. The predicted molar refractivity (Wildman–Crippen MR) is 60.3 cm³/mol. The van der Waals surface area contributed by atoms with Gasteiger partial charge in [-0.1, -0.05) is 0 Å². The Morgan fingerprint density at radius 3 is 2.65 bits per heavy atom. The molecule has 0 unspecified atom stereocenters. The second-order valence-corrected chi connectivity index (χ2v) is 4.19. The van der Waals surface area contributed by atoms with Crippen molar-refractivity contribution in [2.75, 3.05) is 13.2 Å². The maximum absolute atomic E-state index is 9.85. The van der Waals surface area contributed by atoms with Gasteiger partial charge in [-0.25, -0.2) is 9.97 Å². The number of ether oxygens (including phenoxy) is 1. The lowest BCUT2D eigenvalue weighted by Gasteiger charge is -2.16. The normalized spacial score (nSPS) is 24.4. The van der Waals surface area contributed by atoms with E-state index in [1.165, 1.54) is 0 Å². The predicted octanol–water partition coefficient (Wildman–Crippen LogP) is 0.216. The number of aromatic nitrogens is 4. The molecule has 6 nitrogen and oxygen atoms in total. The first-order valence-corrected chi connectivity index (χ1v) is 5.53. The molecule has 2 aromatic rings. The van der Waals surface area contributed by atoms with Gasteiger partial charge in [-0.3, -0.25) is 0 Å². The van der Waals surface area contributed by atoms with Crippen LogP contribution in [0.4, 0.5) is 0 Å². The molecule has 2 atom stereocenters. The molecule has 0 spiro atoms. The standard InChI is InChI=1S/C11H14N4O2/c1-14-4-2-12-10(14)11-13-3-5-15(11)8-6-17-7-9(8)16/h2-5,8-9,16H,6-7H2,1H3/t8-,9+/m0/s1. The lowest BCUT2D eigenvalue weighted by atomic mass is 10.2. The van der Waals surface area contributed by atoms with E-state index >= 15 is 0 Å². The molecule has 0 aliphatic carbocycles. The van der Waals surface area contributed by atoms with E-state index in [0.717, 1.165) is 11.6 Å². The fourth-order valence-electron chi connectivity index (χ4n) is 2.13. The number of hydrogen-bond donors (Lipinski definition) is 1. The second-order valence-electron chi connectivity index (χ2n) is 4.19. The number of hydrogen-bond acceptors (Lipinski definition) is 4. The molecule has 3 rings (SSSR count). The van der Waals surface area contributed by atoms with Crippen LogP contribution in [0, 0.1) is 0 Å². The minimum Gasteiger partial charge on any atom is -0.388 e. The number of nitrogens with zero attached hydrogens (tertiary/aromatic N) is 4. The molecule has 0 radical (unpaired) electrons. The van der Waals surface area contributed by atoms with E-state index in [9.17, 15) is 5.11 Å². The van der Waals surface area contributed by atoms with Crippen LogP contribution in [0.1, 0.15) is 6.04 Å². The lowest BCUT2D eigenvalue weighted by Crippen LogP contribution is -2.22. The Kier molecular flexibility index (Phi) is 2.45. The number of aryl methyl sites for hydroxylation is 1. The number of rotatable bonds is 2. The molecule has 0 amide bonds. The van der Waals surface area contributed by atoms with Gasteiger partial charge in [0.25, 0.3) is 0 Å².